The van der Waals surface area contributed by atoms with Crippen molar-refractivity contribution in [2.24, 2.45) is 0 Å². The first-order valence-electron chi connectivity index (χ1n) is 7.47. The van der Waals surface area contributed by atoms with E-state index in [2.05, 4.69) is 41.0 Å². The molecule has 3 rings (SSSR count). The molecule has 0 amide bonds. The molecule has 21 heavy (non-hydrogen) atoms. The maximum Gasteiger partial charge on any atom is 0.129 e. The van der Waals surface area contributed by atoms with Crippen LogP contribution in [0.5, 0.6) is 0 Å². The van der Waals surface area contributed by atoms with Crippen LogP contribution in [0.1, 0.15) is 17.1 Å². The Labute approximate surface area is 125 Å². The maximum atomic E-state index is 9.03. The Hall–Kier alpha value is -1.78. The molecule has 0 atom stereocenters. The van der Waals surface area contributed by atoms with E-state index in [4.69, 9.17) is 9.52 Å². The standard InChI is InChI=1S/C17H22N2O2/c1-14-3-2-4-15(11-14)19-9-7-18(8-10-19)12-16-5-6-17(13-20)21-16/h2-6,11,20H,7-10,12-13H2,1H3. The zero-order chi connectivity index (χ0) is 14.7. The minimum atomic E-state index is -0.0267. The Morgan fingerprint density at radius 2 is 1.81 bits per heavy atom. The van der Waals surface area contributed by atoms with Crippen LogP contribution in [0.15, 0.2) is 40.8 Å². The van der Waals surface area contributed by atoms with Crippen molar-refractivity contribution in [3.8, 4) is 0 Å². The molecule has 1 aliphatic rings. The van der Waals surface area contributed by atoms with Crippen LogP contribution in [0, 0.1) is 6.92 Å². The Kier molecular flexibility index (Phi) is 4.27. The lowest BCUT2D eigenvalue weighted by Crippen LogP contribution is -2.45. The summed E-state index contributed by atoms with van der Waals surface area (Å²) in [7, 11) is 0. The second-order valence-electron chi connectivity index (χ2n) is 5.63. The minimum absolute atomic E-state index is 0.0267. The summed E-state index contributed by atoms with van der Waals surface area (Å²) in [5.41, 5.74) is 2.62. The topological polar surface area (TPSA) is 39.9 Å². The second kappa shape index (κ2) is 6.33. The van der Waals surface area contributed by atoms with Crippen molar-refractivity contribution in [3.05, 3.63) is 53.5 Å². The first-order valence-corrected chi connectivity index (χ1v) is 7.47. The van der Waals surface area contributed by atoms with E-state index in [1.807, 2.05) is 12.1 Å². The number of rotatable bonds is 4. The largest absolute Gasteiger partial charge is 0.462 e. The van der Waals surface area contributed by atoms with Gasteiger partial charge in [0.25, 0.3) is 0 Å². The predicted octanol–water partition coefficient (Wildman–Crippen LogP) is 2.40. The molecule has 4 heteroatoms. The number of aryl methyl sites for hydroxylation is 1. The van der Waals surface area contributed by atoms with Crippen molar-refractivity contribution in [2.75, 3.05) is 31.1 Å². The van der Waals surface area contributed by atoms with Gasteiger partial charge in [0.05, 0.1) is 6.54 Å². The van der Waals surface area contributed by atoms with Gasteiger partial charge in [0.2, 0.25) is 0 Å². The third kappa shape index (κ3) is 3.46. The number of piperazine rings is 1. The van der Waals surface area contributed by atoms with Crippen molar-refractivity contribution < 1.29 is 9.52 Å². The molecule has 1 saturated heterocycles. The molecular formula is C17H22N2O2. The van der Waals surface area contributed by atoms with E-state index in [9.17, 15) is 0 Å². The summed E-state index contributed by atoms with van der Waals surface area (Å²) in [4.78, 5) is 4.83. The highest BCUT2D eigenvalue weighted by atomic mass is 16.4. The molecule has 2 heterocycles. The lowest BCUT2D eigenvalue weighted by molar-refractivity contribution is 0.212. The molecule has 1 aliphatic heterocycles. The number of benzene rings is 1. The van der Waals surface area contributed by atoms with Gasteiger partial charge in [-0.1, -0.05) is 12.1 Å². The lowest BCUT2D eigenvalue weighted by atomic mass is 10.2. The summed E-state index contributed by atoms with van der Waals surface area (Å²) < 4.78 is 5.56. The number of aliphatic hydroxyl groups excluding tert-OH is 1. The molecule has 1 N–H and O–H groups in total. The van der Waals surface area contributed by atoms with E-state index in [1.165, 1.54) is 11.3 Å². The molecule has 1 fully saturated rings. The number of hydrogen-bond acceptors (Lipinski definition) is 4. The van der Waals surface area contributed by atoms with Crippen molar-refractivity contribution in [3.63, 3.8) is 0 Å². The second-order valence-corrected chi connectivity index (χ2v) is 5.63. The minimum Gasteiger partial charge on any atom is -0.462 e. The van der Waals surface area contributed by atoms with Gasteiger partial charge in [0.15, 0.2) is 0 Å². The third-order valence-corrected chi connectivity index (χ3v) is 3.99. The van der Waals surface area contributed by atoms with Crippen LogP contribution in [0.3, 0.4) is 0 Å². The van der Waals surface area contributed by atoms with Crippen LogP contribution < -0.4 is 4.90 Å². The molecule has 0 radical (unpaired) electrons. The summed E-state index contributed by atoms with van der Waals surface area (Å²) in [6.07, 6.45) is 0. The van der Waals surface area contributed by atoms with Crippen LogP contribution in [0.25, 0.3) is 0 Å². The Morgan fingerprint density at radius 3 is 2.48 bits per heavy atom. The van der Waals surface area contributed by atoms with Crippen LogP contribution in [-0.2, 0) is 13.2 Å². The lowest BCUT2D eigenvalue weighted by Gasteiger charge is -2.35. The predicted molar refractivity (Wildman–Crippen MR) is 83.3 cm³/mol. The number of aliphatic hydroxyl groups is 1. The fraction of sp³-hybridized carbons (Fsp3) is 0.412. The SMILES string of the molecule is Cc1cccc(N2CCN(Cc3ccc(CO)o3)CC2)c1. The van der Waals surface area contributed by atoms with Gasteiger partial charge in [-0.3, -0.25) is 4.90 Å². The number of hydrogen-bond donors (Lipinski definition) is 1. The maximum absolute atomic E-state index is 9.03. The van der Waals surface area contributed by atoms with E-state index in [-0.39, 0.29) is 6.61 Å². The number of anilines is 1. The van der Waals surface area contributed by atoms with Gasteiger partial charge in [-0.05, 0) is 36.8 Å². The molecule has 0 spiro atoms. The first-order chi connectivity index (χ1) is 10.2. The Bertz CT molecular complexity index is 586. The molecular weight excluding hydrogens is 264 g/mol. The molecule has 0 unspecified atom stereocenters. The van der Waals surface area contributed by atoms with Crippen LogP contribution in [-0.4, -0.2) is 36.2 Å². The Morgan fingerprint density at radius 1 is 1.05 bits per heavy atom. The third-order valence-electron chi connectivity index (χ3n) is 3.99. The van der Waals surface area contributed by atoms with Gasteiger partial charge in [-0.25, -0.2) is 0 Å². The summed E-state index contributed by atoms with van der Waals surface area (Å²) in [6, 6.07) is 12.5. The fourth-order valence-corrected chi connectivity index (χ4v) is 2.80. The van der Waals surface area contributed by atoms with Crippen molar-refractivity contribution in [1.29, 1.82) is 0 Å². The van der Waals surface area contributed by atoms with E-state index < -0.39 is 0 Å². The van der Waals surface area contributed by atoms with E-state index >= 15 is 0 Å². The van der Waals surface area contributed by atoms with Gasteiger partial charge in [-0.15, -0.1) is 0 Å². The van der Waals surface area contributed by atoms with Crippen molar-refractivity contribution >= 4 is 5.69 Å². The van der Waals surface area contributed by atoms with Gasteiger partial charge in [0.1, 0.15) is 18.1 Å². The van der Waals surface area contributed by atoms with Crippen LogP contribution >= 0.6 is 0 Å². The van der Waals surface area contributed by atoms with Crippen LogP contribution in [0.4, 0.5) is 5.69 Å². The van der Waals surface area contributed by atoms with Crippen LogP contribution in [0.2, 0.25) is 0 Å². The van der Waals surface area contributed by atoms with E-state index in [1.54, 1.807) is 0 Å². The highest BCUT2D eigenvalue weighted by Crippen LogP contribution is 2.19. The van der Waals surface area contributed by atoms with E-state index in [0.29, 0.717) is 5.76 Å². The zero-order valence-corrected chi connectivity index (χ0v) is 12.5. The summed E-state index contributed by atoms with van der Waals surface area (Å²) in [5, 5.41) is 9.03. The normalized spacial score (nSPS) is 16.4. The number of furan rings is 1. The van der Waals surface area contributed by atoms with Crippen molar-refractivity contribution in [2.45, 2.75) is 20.1 Å². The average Bonchev–Trinajstić information content (AvgIpc) is 2.96. The first kappa shape index (κ1) is 14.2. The summed E-state index contributed by atoms with van der Waals surface area (Å²) in [6.45, 7) is 7.07. The smallest absolute Gasteiger partial charge is 0.129 e. The molecule has 4 nitrogen and oxygen atoms in total. The van der Waals surface area contributed by atoms with Gasteiger partial charge < -0.3 is 14.4 Å². The molecule has 112 valence electrons. The molecule has 0 aliphatic carbocycles. The monoisotopic (exact) mass is 286 g/mol. The van der Waals surface area contributed by atoms with Gasteiger partial charge in [-0.2, -0.15) is 0 Å². The van der Waals surface area contributed by atoms with Gasteiger partial charge in [0, 0.05) is 31.9 Å². The molecule has 2 aromatic rings. The molecule has 1 aromatic carbocycles. The van der Waals surface area contributed by atoms with E-state index in [0.717, 1.165) is 38.5 Å². The quantitative estimate of drug-likeness (QED) is 0.937. The fourth-order valence-electron chi connectivity index (χ4n) is 2.80. The number of nitrogens with zero attached hydrogens (tertiary/aromatic N) is 2. The highest BCUT2D eigenvalue weighted by Gasteiger charge is 2.18. The zero-order valence-electron chi connectivity index (χ0n) is 12.5. The van der Waals surface area contributed by atoms with Gasteiger partial charge >= 0.3 is 0 Å². The molecule has 1 aromatic heterocycles. The molecule has 0 saturated carbocycles. The Balaban J connectivity index is 1.55. The molecule has 0 bridgehead atoms. The van der Waals surface area contributed by atoms with Crippen molar-refractivity contribution in [1.82, 2.24) is 4.90 Å². The average molecular weight is 286 g/mol. The summed E-state index contributed by atoms with van der Waals surface area (Å²) in [5.74, 6) is 1.58. The summed E-state index contributed by atoms with van der Waals surface area (Å²) >= 11 is 0. The highest BCUT2D eigenvalue weighted by molar-refractivity contribution is 5.48.